The van der Waals surface area contributed by atoms with Gasteiger partial charge in [0.2, 0.25) is 5.91 Å². The number of hydrogen-bond acceptors (Lipinski definition) is 3. The molecule has 3 nitrogen and oxygen atoms in total. The molecule has 4 heteroatoms. The highest BCUT2D eigenvalue weighted by atomic mass is 32.2. The van der Waals surface area contributed by atoms with E-state index in [2.05, 4.69) is 0 Å². The fraction of sp³-hybridized carbons (Fsp3) is 0.500. The van der Waals surface area contributed by atoms with E-state index in [1.807, 2.05) is 24.8 Å². The van der Waals surface area contributed by atoms with Gasteiger partial charge in [0.1, 0.15) is 0 Å². The lowest BCUT2D eigenvalue weighted by molar-refractivity contribution is -0.129. The van der Waals surface area contributed by atoms with Gasteiger partial charge in [-0.1, -0.05) is 24.8 Å². The molecule has 0 radical (unpaired) electrons. The van der Waals surface area contributed by atoms with Crippen molar-refractivity contribution in [1.82, 2.24) is 4.90 Å². The van der Waals surface area contributed by atoms with E-state index in [9.17, 15) is 9.59 Å². The molecule has 1 atom stereocenters. The molecule has 2 aliphatic rings. The Morgan fingerprint density at radius 2 is 2.38 bits per heavy atom. The largest absolute Gasteiger partial charge is 0.299 e. The van der Waals surface area contributed by atoms with Crippen molar-refractivity contribution in [3.05, 3.63) is 22.8 Å². The molecule has 16 heavy (non-hydrogen) atoms. The van der Waals surface area contributed by atoms with Crippen LogP contribution in [0.4, 0.5) is 0 Å². The smallest absolute Gasteiger partial charge is 0.227 e. The number of carbonyl (C=O) groups is 2. The van der Waals surface area contributed by atoms with Gasteiger partial charge >= 0.3 is 0 Å². The summed E-state index contributed by atoms with van der Waals surface area (Å²) in [5.41, 5.74) is 0.940. The third-order valence-electron chi connectivity index (χ3n) is 2.69. The van der Waals surface area contributed by atoms with Crippen LogP contribution >= 0.6 is 11.8 Å². The van der Waals surface area contributed by atoms with Crippen LogP contribution in [0.5, 0.6) is 0 Å². The van der Waals surface area contributed by atoms with Gasteiger partial charge in [-0.05, 0) is 19.4 Å². The Labute approximate surface area is 99.6 Å². The molecule has 0 aromatic carbocycles. The van der Waals surface area contributed by atoms with Crippen molar-refractivity contribution >= 4 is 23.5 Å². The van der Waals surface area contributed by atoms with Crippen molar-refractivity contribution in [2.24, 2.45) is 0 Å². The highest BCUT2D eigenvalue weighted by molar-refractivity contribution is 8.04. The fourth-order valence-electron chi connectivity index (χ4n) is 1.99. The first-order chi connectivity index (χ1) is 7.63. The molecule has 86 valence electrons. The van der Waals surface area contributed by atoms with Crippen LogP contribution in [-0.2, 0) is 9.59 Å². The number of allylic oxidation sites excluding steroid dienone is 2. The Hall–Kier alpha value is -1.03. The number of amides is 1. The van der Waals surface area contributed by atoms with Crippen LogP contribution in [-0.4, -0.2) is 22.0 Å². The van der Waals surface area contributed by atoms with E-state index in [0.29, 0.717) is 12.8 Å². The monoisotopic (exact) mass is 237 g/mol. The van der Waals surface area contributed by atoms with Gasteiger partial charge in [0.15, 0.2) is 5.78 Å². The summed E-state index contributed by atoms with van der Waals surface area (Å²) < 4.78 is 0. The van der Waals surface area contributed by atoms with Gasteiger partial charge in [0, 0.05) is 17.7 Å². The molecule has 0 spiro atoms. The zero-order chi connectivity index (χ0) is 11.7. The molecule has 0 aromatic heterocycles. The summed E-state index contributed by atoms with van der Waals surface area (Å²) in [6.45, 7) is 4.00. The zero-order valence-corrected chi connectivity index (χ0v) is 10.3. The maximum Gasteiger partial charge on any atom is 0.227 e. The number of ketones is 1. The maximum absolute atomic E-state index is 12.0. The Morgan fingerprint density at radius 3 is 3.06 bits per heavy atom. The van der Waals surface area contributed by atoms with Gasteiger partial charge in [-0.2, -0.15) is 0 Å². The summed E-state index contributed by atoms with van der Waals surface area (Å²) in [6.07, 6.45) is 5.39. The predicted octanol–water partition coefficient (Wildman–Crippen LogP) is 2.45. The molecule has 1 aliphatic heterocycles. The minimum absolute atomic E-state index is 0.113. The Bertz CT molecular complexity index is 398. The molecule has 0 aromatic rings. The molecule has 1 aliphatic carbocycles. The molecule has 2 rings (SSSR count). The summed E-state index contributed by atoms with van der Waals surface area (Å²) in [6, 6.07) is 0. The van der Waals surface area contributed by atoms with Crippen molar-refractivity contribution in [2.75, 3.05) is 0 Å². The third-order valence-corrected chi connectivity index (χ3v) is 3.83. The van der Waals surface area contributed by atoms with Gasteiger partial charge in [0.05, 0.1) is 11.1 Å². The lowest BCUT2D eigenvalue weighted by atomic mass is 10.1. The van der Waals surface area contributed by atoms with E-state index in [0.717, 1.165) is 17.0 Å². The second-order valence-corrected chi connectivity index (χ2v) is 5.36. The first-order valence-electron chi connectivity index (χ1n) is 5.57. The molecule has 1 amide bonds. The first kappa shape index (κ1) is 11.5. The van der Waals surface area contributed by atoms with Crippen LogP contribution in [0, 0.1) is 0 Å². The number of carbonyl (C=O) groups excluding carboxylic acids is 2. The first-order valence-corrected chi connectivity index (χ1v) is 6.45. The average molecular weight is 237 g/mol. The van der Waals surface area contributed by atoms with Crippen LogP contribution in [0.2, 0.25) is 0 Å². The molecule has 1 fully saturated rings. The summed E-state index contributed by atoms with van der Waals surface area (Å²) >= 11 is 1.59. The van der Waals surface area contributed by atoms with Crippen molar-refractivity contribution in [1.29, 1.82) is 0 Å². The molecular formula is C12H15NO2S. The summed E-state index contributed by atoms with van der Waals surface area (Å²) in [5, 5.41) is 0.113. The van der Waals surface area contributed by atoms with E-state index in [-0.39, 0.29) is 17.1 Å². The molecular weight excluding hydrogens is 222 g/mol. The van der Waals surface area contributed by atoms with E-state index >= 15 is 0 Å². The topological polar surface area (TPSA) is 37.4 Å². The lowest BCUT2D eigenvalue weighted by Crippen LogP contribution is -2.31. The average Bonchev–Trinajstić information content (AvgIpc) is 2.53. The molecule has 0 N–H and O–H groups in total. The summed E-state index contributed by atoms with van der Waals surface area (Å²) in [4.78, 5) is 26.0. The molecule has 0 bridgehead atoms. The van der Waals surface area contributed by atoms with E-state index in [1.54, 1.807) is 17.8 Å². The predicted molar refractivity (Wildman–Crippen MR) is 64.6 cm³/mol. The standard InChI is InChI=1S/C12H15NO2S/c1-3-4-12(15)13-8(2)16-11-7-9(14)5-6-10(11)13/h6-8H,3-5H2,1-2H3. The SMILES string of the molecule is CCCC(=O)N1C2=CCC(=O)C=C2SC1C. The van der Waals surface area contributed by atoms with Gasteiger partial charge in [-0.15, -0.1) is 0 Å². The molecule has 1 unspecified atom stereocenters. The minimum Gasteiger partial charge on any atom is -0.299 e. The van der Waals surface area contributed by atoms with Crippen molar-refractivity contribution < 1.29 is 9.59 Å². The Morgan fingerprint density at radius 1 is 1.62 bits per heavy atom. The van der Waals surface area contributed by atoms with Crippen LogP contribution < -0.4 is 0 Å². The van der Waals surface area contributed by atoms with Gasteiger partial charge < -0.3 is 0 Å². The minimum atomic E-state index is 0.113. The van der Waals surface area contributed by atoms with E-state index < -0.39 is 0 Å². The van der Waals surface area contributed by atoms with Crippen LogP contribution in [0.15, 0.2) is 22.8 Å². The maximum atomic E-state index is 12.0. The number of rotatable bonds is 2. The second-order valence-electron chi connectivity index (χ2n) is 4.00. The van der Waals surface area contributed by atoms with Crippen molar-refractivity contribution in [2.45, 2.75) is 38.5 Å². The fourth-order valence-corrected chi connectivity index (χ4v) is 3.20. The van der Waals surface area contributed by atoms with Gasteiger partial charge in [-0.3, -0.25) is 14.5 Å². The third kappa shape index (κ3) is 1.94. The number of thioether (sulfide) groups is 1. The van der Waals surface area contributed by atoms with Crippen molar-refractivity contribution in [3.63, 3.8) is 0 Å². The van der Waals surface area contributed by atoms with E-state index in [1.165, 1.54) is 0 Å². The van der Waals surface area contributed by atoms with Crippen LogP contribution in [0.25, 0.3) is 0 Å². The number of hydrogen-bond donors (Lipinski definition) is 0. The zero-order valence-electron chi connectivity index (χ0n) is 9.53. The number of fused-ring (bicyclic) bond motifs is 1. The van der Waals surface area contributed by atoms with Crippen LogP contribution in [0.3, 0.4) is 0 Å². The van der Waals surface area contributed by atoms with Gasteiger partial charge in [-0.25, -0.2) is 0 Å². The number of nitrogens with zero attached hydrogens (tertiary/aromatic N) is 1. The molecule has 0 saturated carbocycles. The summed E-state index contributed by atoms with van der Waals surface area (Å²) in [7, 11) is 0. The highest BCUT2D eigenvalue weighted by Gasteiger charge is 2.35. The van der Waals surface area contributed by atoms with Crippen LogP contribution in [0.1, 0.15) is 33.1 Å². The normalized spacial score (nSPS) is 24.0. The van der Waals surface area contributed by atoms with Gasteiger partial charge in [0.25, 0.3) is 0 Å². The highest BCUT2D eigenvalue weighted by Crippen LogP contribution is 2.43. The molecule has 1 saturated heterocycles. The second kappa shape index (κ2) is 4.45. The Kier molecular flexibility index (Phi) is 3.19. The molecule has 1 heterocycles. The lowest BCUT2D eigenvalue weighted by Gasteiger charge is -2.22. The van der Waals surface area contributed by atoms with Crippen molar-refractivity contribution in [3.8, 4) is 0 Å². The Balaban J connectivity index is 2.25. The van der Waals surface area contributed by atoms with E-state index in [4.69, 9.17) is 0 Å². The summed E-state index contributed by atoms with van der Waals surface area (Å²) in [5.74, 6) is 0.287. The quantitative estimate of drug-likeness (QED) is 0.740.